The quantitative estimate of drug-likeness (QED) is 0.488. The molecule has 7 heteroatoms. The molecule has 4 rings (SSSR count). The summed E-state index contributed by atoms with van der Waals surface area (Å²) < 4.78 is 7.00. The zero-order valence-corrected chi connectivity index (χ0v) is 17.7. The van der Waals surface area contributed by atoms with Gasteiger partial charge >= 0.3 is 0 Å². The minimum absolute atomic E-state index is 0.0735. The molecule has 2 heterocycles. The van der Waals surface area contributed by atoms with E-state index < -0.39 is 6.04 Å². The van der Waals surface area contributed by atoms with Gasteiger partial charge in [-0.05, 0) is 56.7 Å². The zero-order valence-electron chi connectivity index (χ0n) is 17.7. The third-order valence-electron chi connectivity index (χ3n) is 5.12. The molecule has 2 aromatic heterocycles. The second-order valence-electron chi connectivity index (χ2n) is 7.58. The summed E-state index contributed by atoms with van der Waals surface area (Å²) in [5.41, 5.74) is 4.51. The lowest BCUT2D eigenvalue weighted by atomic mass is 10.1. The van der Waals surface area contributed by atoms with E-state index in [4.69, 9.17) is 4.42 Å². The van der Waals surface area contributed by atoms with E-state index in [0.29, 0.717) is 5.82 Å². The van der Waals surface area contributed by atoms with Gasteiger partial charge in [0.15, 0.2) is 5.76 Å². The summed E-state index contributed by atoms with van der Waals surface area (Å²) in [6, 6.07) is 16.3. The Morgan fingerprint density at radius 2 is 1.90 bits per heavy atom. The SMILES string of the molecule is Cc1ccc(NC(=O)Cn2c(C(C)NC(=O)c3ccco3)nc3ccccc32)c(C)c1. The van der Waals surface area contributed by atoms with E-state index in [-0.39, 0.29) is 24.1 Å². The number of furan rings is 1. The number of nitrogens with one attached hydrogen (secondary N) is 2. The molecule has 0 saturated heterocycles. The number of fused-ring (bicyclic) bond motifs is 1. The molecule has 7 nitrogen and oxygen atoms in total. The number of para-hydroxylation sites is 2. The number of rotatable bonds is 6. The van der Waals surface area contributed by atoms with E-state index in [1.807, 2.05) is 67.8 Å². The van der Waals surface area contributed by atoms with Crippen LogP contribution in [-0.4, -0.2) is 21.4 Å². The van der Waals surface area contributed by atoms with Gasteiger partial charge in [-0.2, -0.15) is 0 Å². The van der Waals surface area contributed by atoms with Gasteiger partial charge in [0.1, 0.15) is 12.4 Å². The molecular formula is C24H24N4O3. The lowest BCUT2D eigenvalue weighted by Crippen LogP contribution is -2.29. The minimum atomic E-state index is -0.432. The molecule has 0 aliphatic rings. The summed E-state index contributed by atoms with van der Waals surface area (Å²) in [6.07, 6.45) is 1.45. The average Bonchev–Trinajstić information content (AvgIpc) is 3.39. The third kappa shape index (κ3) is 4.35. The van der Waals surface area contributed by atoms with Crippen molar-refractivity contribution in [1.29, 1.82) is 0 Å². The van der Waals surface area contributed by atoms with Crippen LogP contribution in [0.4, 0.5) is 5.69 Å². The first-order valence-corrected chi connectivity index (χ1v) is 10.1. The Balaban J connectivity index is 1.60. The number of aromatic nitrogens is 2. The normalized spacial score (nSPS) is 12.0. The first kappa shape index (κ1) is 20.4. The highest BCUT2D eigenvalue weighted by atomic mass is 16.3. The summed E-state index contributed by atoms with van der Waals surface area (Å²) in [7, 11) is 0. The Morgan fingerprint density at radius 3 is 2.65 bits per heavy atom. The van der Waals surface area contributed by atoms with Crippen LogP contribution in [0.15, 0.2) is 65.3 Å². The number of amides is 2. The fourth-order valence-corrected chi connectivity index (χ4v) is 3.62. The van der Waals surface area contributed by atoms with Crippen LogP contribution in [-0.2, 0) is 11.3 Å². The molecule has 158 valence electrons. The van der Waals surface area contributed by atoms with E-state index in [2.05, 4.69) is 15.6 Å². The highest BCUT2D eigenvalue weighted by Crippen LogP contribution is 2.22. The predicted octanol–water partition coefficient (Wildman–Crippen LogP) is 4.38. The molecule has 2 amide bonds. The molecule has 2 aromatic carbocycles. The van der Waals surface area contributed by atoms with Crippen LogP contribution in [0, 0.1) is 13.8 Å². The van der Waals surface area contributed by atoms with Crippen molar-refractivity contribution >= 4 is 28.5 Å². The number of aryl methyl sites for hydroxylation is 2. The van der Waals surface area contributed by atoms with Gasteiger partial charge in [-0.25, -0.2) is 4.98 Å². The molecule has 1 atom stereocenters. The smallest absolute Gasteiger partial charge is 0.287 e. The van der Waals surface area contributed by atoms with Gasteiger partial charge in [0.25, 0.3) is 5.91 Å². The van der Waals surface area contributed by atoms with Gasteiger partial charge < -0.3 is 19.6 Å². The second-order valence-corrected chi connectivity index (χ2v) is 7.58. The number of anilines is 1. The van der Waals surface area contributed by atoms with Crippen molar-refractivity contribution in [2.75, 3.05) is 5.32 Å². The molecule has 0 aliphatic carbocycles. The van der Waals surface area contributed by atoms with Crippen LogP contribution in [0.2, 0.25) is 0 Å². The monoisotopic (exact) mass is 416 g/mol. The highest BCUT2D eigenvalue weighted by Gasteiger charge is 2.21. The first-order chi connectivity index (χ1) is 14.9. The Kier molecular flexibility index (Phi) is 5.58. The van der Waals surface area contributed by atoms with Gasteiger partial charge in [0, 0.05) is 5.69 Å². The summed E-state index contributed by atoms with van der Waals surface area (Å²) >= 11 is 0. The van der Waals surface area contributed by atoms with Crippen LogP contribution in [0.1, 0.15) is 40.5 Å². The van der Waals surface area contributed by atoms with E-state index in [0.717, 1.165) is 27.8 Å². The highest BCUT2D eigenvalue weighted by molar-refractivity contribution is 5.93. The molecule has 0 radical (unpaired) electrons. The third-order valence-corrected chi connectivity index (χ3v) is 5.12. The molecule has 2 N–H and O–H groups in total. The van der Waals surface area contributed by atoms with Gasteiger partial charge in [0.2, 0.25) is 5.91 Å². The van der Waals surface area contributed by atoms with Crippen LogP contribution < -0.4 is 10.6 Å². The van der Waals surface area contributed by atoms with Crippen LogP contribution in [0.3, 0.4) is 0 Å². The van der Waals surface area contributed by atoms with Crippen molar-refractivity contribution in [3.8, 4) is 0 Å². The number of carbonyl (C=O) groups excluding carboxylic acids is 2. The topological polar surface area (TPSA) is 89.2 Å². The maximum atomic E-state index is 12.9. The Bertz CT molecular complexity index is 1240. The predicted molar refractivity (Wildman–Crippen MR) is 119 cm³/mol. The van der Waals surface area contributed by atoms with Gasteiger partial charge in [-0.1, -0.05) is 29.8 Å². The molecule has 31 heavy (non-hydrogen) atoms. The number of hydrogen-bond donors (Lipinski definition) is 2. The standard InChI is InChI=1S/C24H24N4O3/c1-15-10-11-18(16(2)13-15)26-22(29)14-28-20-8-5-4-7-19(20)27-23(28)17(3)25-24(30)21-9-6-12-31-21/h4-13,17H,14H2,1-3H3,(H,25,30)(H,26,29). The van der Waals surface area contributed by atoms with E-state index >= 15 is 0 Å². The fourth-order valence-electron chi connectivity index (χ4n) is 3.62. The summed E-state index contributed by atoms with van der Waals surface area (Å²) in [6.45, 7) is 5.89. The Hall–Kier alpha value is -3.87. The maximum Gasteiger partial charge on any atom is 0.287 e. The molecule has 0 aliphatic heterocycles. The van der Waals surface area contributed by atoms with Crippen molar-refractivity contribution in [2.45, 2.75) is 33.4 Å². The van der Waals surface area contributed by atoms with Crippen LogP contribution in [0.5, 0.6) is 0 Å². The number of imidazole rings is 1. The van der Waals surface area contributed by atoms with Crippen LogP contribution >= 0.6 is 0 Å². The number of benzene rings is 2. The summed E-state index contributed by atoms with van der Waals surface area (Å²) in [5, 5.41) is 5.87. The van der Waals surface area contributed by atoms with Crippen molar-refractivity contribution in [3.05, 3.63) is 83.6 Å². The number of carbonyl (C=O) groups is 2. The summed E-state index contributed by atoms with van der Waals surface area (Å²) in [4.78, 5) is 30.0. The zero-order chi connectivity index (χ0) is 22.0. The van der Waals surface area contributed by atoms with Crippen molar-refractivity contribution in [3.63, 3.8) is 0 Å². The largest absolute Gasteiger partial charge is 0.459 e. The van der Waals surface area contributed by atoms with Gasteiger partial charge in [-0.3, -0.25) is 9.59 Å². The Labute approximate surface area is 180 Å². The summed E-state index contributed by atoms with van der Waals surface area (Å²) in [5.74, 6) is 0.315. The number of hydrogen-bond acceptors (Lipinski definition) is 4. The van der Waals surface area contributed by atoms with Crippen molar-refractivity contribution in [1.82, 2.24) is 14.9 Å². The van der Waals surface area contributed by atoms with E-state index in [9.17, 15) is 9.59 Å². The van der Waals surface area contributed by atoms with Crippen molar-refractivity contribution in [2.24, 2.45) is 0 Å². The number of nitrogens with zero attached hydrogens (tertiary/aromatic N) is 2. The molecule has 0 fully saturated rings. The minimum Gasteiger partial charge on any atom is -0.459 e. The first-order valence-electron chi connectivity index (χ1n) is 10.1. The van der Waals surface area contributed by atoms with E-state index in [1.165, 1.54) is 6.26 Å². The second kappa shape index (κ2) is 8.47. The lowest BCUT2D eigenvalue weighted by molar-refractivity contribution is -0.116. The maximum absolute atomic E-state index is 12.9. The van der Waals surface area contributed by atoms with Crippen LogP contribution in [0.25, 0.3) is 11.0 Å². The van der Waals surface area contributed by atoms with Gasteiger partial charge in [-0.15, -0.1) is 0 Å². The molecule has 4 aromatic rings. The fraction of sp³-hybridized carbons (Fsp3) is 0.208. The van der Waals surface area contributed by atoms with Crippen molar-refractivity contribution < 1.29 is 14.0 Å². The Morgan fingerprint density at radius 1 is 1.10 bits per heavy atom. The molecule has 0 spiro atoms. The molecular weight excluding hydrogens is 392 g/mol. The molecule has 0 saturated carbocycles. The average molecular weight is 416 g/mol. The van der Waals surface area contributed by atoms with E-state index in [1.54, 1.807) is 12.1 Å². The van der Waals surface area contributed by atoms with Gasteiger partial charge in [0.05, 0.1) is 23.3 Å². The lowest BCUT2D eigenvalue weighted by Gasteiger charge is -2.16. The molecule has 0 bridgehead atoms. The molecule has 1 unspecified atom stereocenters.